The fourth-order valence-corrected chi connectivity index (χ4v) is 5.67. The highest BCUT2D eigenvalue weighted by Gasteiger charge is 2.25. The van der Waals surface area contributed by atoms with Crippen molar-refractivity contribution in [2.45, 2.75) is 177 Å². The third kappa shape index (κ3) is 30.7. The van der Waals surface area contributed by atoms with Gasteiger partial charge in [0.1, 0.15) is 0 Å². The van der Waals surface area contributed by atoms with Crippen molar-refractivity contribution in [3.8, 4) is 0 Å². The van der Waals surface area contributed by atoms with E-state index in [-0.39, 0.29) is 19.3 Å². The summed E-state index contributed by atoms with van der Waals surface area (Å²) in [6.07, 6.45) is 21.8. The van der Waals surface area contributed by atoms with Crippen molar-refractivity contribution in [2.24, 2.45) is 0 Å². The van der Waals surface area contributed by atoms with Crippen molar-refractivity contribution in [3.05, 3.63) is 0 Å². The molecule has 0 rings (SSSR count). The average Bonchev–Trinajstić information content (AvgIpc) is 3.00. The number of carbonyl (C=O) groups is 2. The number of rotatable bonds is 28. The third-order valence-corrected chi connectivity index (χ3v) is 8.65. The van der Waals surface area contributed by atoms with Crippen LogP contribution in [0.15, 0.2) is 0 Å². The van der Waals surface area contributed by atoms with Crippen LogP contribution in [0.1, 0.15) is 177 Å². The molecule has 6 nitrogen and oxygen atoms in total. The molecule has 0 aliphatic heterocycles. The summed E-state index contributed by atoms with van der Waals surface area (Å²) in [5, 5.41) is 19.3. The Morgan fingerprint density at radius 1 is 0.349 bits per heavy atom. The highest BCUT2D eigenvalue weighted by Crippen LogP contribution is 2.17. The number of hydrogen-bond acceptors (Lipinski definition) is 4. The Balaban J connectivity index is -0.000000586. The summed E-state index contributed by atoms with van der Waals surface area (Å²) in [6, 6.07) is 0. The first kappa shape index (κ1) is 46.3. The molecule has 0 heterocycles. The molecule has 0 bridgehead atoms. The zero-order chi connectivity index (χ0) is 33.2. The van der Waals surface area contributed by atoms with Gasteiger partial charge in [0, 0.05) is 11.9 Å². The summed E-state index contributed by atoms with van der Waals surface area (Å²) in [5.74, 6) is -2.45. The van der Waals surface area contributed by atoms with E-state index in [0.717, 1.165) is 0 Å². The van der Waals surface area contributed by atoms with Gasteiger partial charge in [-0.25, -0.2) is 0 Å². The lowest BCUT2D eigenvalue weighted by atomic mass is 10.1. The minimum atomic E-state index is -1.23. The summed E-state index contributed by atoms with van der Waals surface area (Å²) in [5.41, 5.74) is 0. The van der Waals surface area contributed by atoms with E-state index >= 15 is 0 Å². The monoisotopic (exact) mass is 615 g/mol. The summed E-state index contributed by atoms with van der Waals surface area (Å²) < 4.78 is 2.84. The standard InChI is InChI=1S/2C16H36N.C5H8O4/c2*1-5-9-13-17(14-10-6-2,15-11-7-3)16-12-8-4;6-4(7)2-1-3-5(8)9/h2*5-16H2,1-4H3;1-3H2,(H,6,7)(H,8,9)/q2*+1;/p-2. The SMILES string of the molecule is CCCC[N+](CCCC)(CCCC)CCCC.CCCC[N+](CCCC)(CCCC)CCCC.O=C([O-])CCCC(=O)[O-]. The molecule has 0 aromatic heterocycles. The topological polar surface area (TPSA) is 80.3 Å². The van der Waals surface area contributed by atoms with Crippen molar-refractivity contribution < 1.29 is 28.8 Å². The maximum Gasteiger partial charge on any atom is 0.0786 e. The van der Waals surface area contributed by atoms with E-state index in [9.17, 15) is 19.8 Å². The largest absolute Gasteiger partial charge is 0.550 e. The van der Waals surface area contributed by atoms with E-state index in [4.69, 9.17) is 0 Å². The Labute approximate surface area is 270 Å². The first-order chi connectivity index (χ1) is 20.6. The number of hydrogen-bond donors (Lipinski definition) is 0. The zero-order valence-corrected chi connectivity index (χ0v) is 30.6. The van der Waals surface area contributed by atoms with Gasteiger partial charge in [0.05, 0.1) is 52.4 Å². The molecule has 0 unspecified atom stereocenters. The van der Waals surface area contributed by atoms with Crippen molar-refractivity contribution in [3.63, 3.8) is 0 Å². The van der Waals surface area contributed by atoms with Gasteiger partial charge in [-0.3, -0.25) is 0 Å². The van der Waals surface area contributed by atoms with Crippen LogP contribution in [0.3, 0.4) is 0 Å². The molecule has 0 aliphatic carbocycles. The van der Waals surface area contributed by atoms with Crippen LogP contribution in [0.25, 0.3) is 0 Å². The van der Waals surface area contributed by atoms with Gasteiger partial charge in [-0.2, -0.15) is 0 Å². The summed E-state index contributed by atoms with van der Waals surface area (Å²) in [7, 11) is 0. The second-order valence-corrected chi connectivity index (χ2v) is 12.9. The lowest BCUT2D eigenvalue weighted by molar-refractivity contribution is -0.929. The normalized spacial score (nSPS) is 11.3. The molecule has 43 heavy (non-hydrogen) atoms. The van der Waals surface area contributed by atoms with Crippen LogP contribution in [0, 0.1) is 0 Å². The van der Waals surface area contributed by atoms with Gasteiger partial charge in [0.25, 0.3) is 0 Å². The molecule has 0 saturated heterocycles. The number of unbranched alkanes of at least 4 members (excludes halogenated alkanes) is 8. The first-order valence-corrected chi connectivity index (χ1v) is 18.7. The number of aliphatic carboxylic acids is 2. The van der Waals surface area contributed by atoms with E-state index in [1.54, 1.807) is 0 Å². The predicted molar refractivity (Wildman–Crippen MR) is 183 cm³/mol. The summed E-state index contributed by atoms with van der Waals surface area (Å²) in [6.45, 7) is 30.0. The summed E-state index contributed by atoms with van der Waals surface area (Å²) >= 11 is 0. The molecule has 0 aromatic carbocycles. The number of nitrogens with zero attached hydrogens (tertiary/aromatic N) is 2. The van der Waals surface area contributed by atoms with Gasteiger partial charge in [-0.05, 0) is 70.6 Å². The lowest BCUT2D eigenvalue weighted by Crippen LogP contribution is -2.50. The molecule has 0 N–H and O–H groups in total. The second kappa shape index (κ2) is 33.7. The molecule has 0 amide bonds. The van der Waals surface area contributed by atoms with Gasteiger partial charge in [0.15, 0.2) is 0 Å². The van der Waals surface area contributed by atoms with Gasteiger partial charge in [0.2, 0.25) is 0 Å². The van der Waals surface area contributed by atoms with E-state index in [2.05, 4.69) is 55.4 Å². The lowest BCUT2D eigenvalue weighted by Gasteiger charge is -2.39. The Hall–Kier alpha value is -1.14. The maximum absolute atomic E-state index is 9.66. The summed E-state index contributed by atoms with van der Waals surface area (Å²) in [4.78, 5) is 19.3. The predicted octanol–water partition coefficient (Wildman–Crippen LogP) is 7.66. The molecule has 6 heteroatoms. The Bertz CT molecular complexity index is 472. The van der Waals surface area contributed by atoms with Crippen LogP contribution in [0.2, 0.25) is 0 Å². The van der Waals surface area contributed by atoms with Crippen LogP contribution in [-0.2, 0) is 9.59 Å². The average molecular weight is 615 g/mol. The second-order valence-electron chi connectivity index (χ2n) is 12.9. The molecule has 0 spiro atoms. The molecule has 0 fully saturated rings. The van der Waals surface area contributed by atoms with E-state index in [1.165, 1.54) is 164 Å². The molecule has 0 atom stereocenters. The van der Waals surface area contributed by atoms with Gasteiger partial charge in [-0.1, -0.05) is 107 Å². The Morgan fingerprint density at radius 3 is 0.628 bits per heavy atom. The smallest absolute Gasteiger partial charge is 0.0786 e. The van der Waals surface area contributed by atoms with Gasteiger partial charge >= 0.3 is 0 Å². The van der Waals surface area contributed by atoms with Crippen molar-refractivity contribution in [1.29, 1.82) is 0 Å². The van der Waals surface area contributed by atoms with Crippen molar-refractivity contribution in [2.75, 3.05) is 52.4 Å². The Kier molecular flexibility index (Phi) is 36.3. The third-order valence-electron chi connectivity index (χ3n) is 8.65. The molecular formula is C37H78N2O4. The van der Waals surface area contributed by atoms with Crippen molar-refractivity contribution in [1.82, 2.24) is 0 Å². The maximum atomic E-state index is 9.66. The number of carboxylic acid groups (broad SMARTS) is 2. The van der Waals surface area contributed by atoms with Gasteiger partial charge in [-0.15, -0.1) is 0 Å². The number of carbonyl (C=O) groups excluding carboxylic acids is 2. The fraction of sp³-hybridized carbons (Fsp3) is 0.946. The molecule has 0 radical (unpaired) electrons. The number of quaternary nitrogens is 2. The van der Waals surface area contributed by atoms with Crippen LogP contribution >= 0.6 is 0 Å². The highest BCUT2D eigenvalue weighted by atomic mass is 16.4. The molecule has 0 saturated carbocycles. The molecule has 260 valence electrons. The minimum Gasteiger partial charge on any atom is -0.550 e. The molecular weight excluding hydrogens is 536 g/mol. The molecule has 0 aliphatic rings. The Morgan fingerprint density at radius 2 is 0.512 bits per heavy atom. The first-order valence-electron chi connectivity index (χ1n) is 18.7. The van der Waals surface area contributed by atoms with E-state index in [1.807, 2.05) is 0 Å². The van der Waals surface area contributed by atoms with Gasteiger partial charge < -0.3 is 28.8 Å². The highest BCUT2D eigenvalue weighted by molar-refractivity contribution is 5.67. The van der Waals surface area contributed by atoms with Crippen molar-refractivity contribution >= 4 is 11.9 Å². The fourth-order valence-electron chi connectivity index (χ4n) is 5.67. The quantitative estimate of drug-likeness (QED) is 0.0848. The van der Waals surface area contributed by atoms with Crippen LogP contribution in [0.5, 0.6) is 0 Å². The zero-order valence-electron chi connectivity index (χ0n) is 30.6. The molecule has 0 aromatic rings. The van der Waals surface area contributed by atoms with Crippen LogP contribution in [0.4, 0.5) is 0 Å². The number of carboxylic acids is 2. The van der Waals surface area contributed by atoms with Crippen LogP contribution < -0.4 is 10.2 Å². The van der Waals surface area contributed by atoms with Crippen LogP contribution in [-0.4, -0.2) is 73.3 Å². The van der Waals surface area contributed by atoms with E-state index in [0.29, 0.717) is 0 Å². The minimum absolute atomic E-state index is 0.0880. The van der Waals surface area contributed by atoms with E-state index < -0.39 is 11.9 Å².